The summed E-state index contributed by atoms with van der Waals surface area (Å²) in [7, 11) is -3.92. The molecule has 1 heterocycles. The van der Waals surface area contributed by atoms with Crippen molar-refractivity contribution in [3.8, 4) is 0 Å². The maximum atomic E-state index is 12.2. The lowest BCUT2D eigenvalue weighted by Crippen LogP contribution is -2.16. The first-order valence-corrected chi connectivity index (χ1v) is 8.32. The highest BCUT2D eigenvalue weighted by Gasteiger charge is 2.19. The molecule has 7 nitrogen and oxygen atoms in total. The van der Waals surface area contributed by atoms with Gasteiger partial charge in [0.05, 0.1) is 28.1 Å². The lowest BCUT2D eigenvalue weighted by Gasteiger charge is -2.11. The minimum Gasteiger partial charge on any atom is -0.292 e. The van der Waals surface area contributed by atoms with E-state index in [0.717, 1.165) is 12.4 Å². The van der Waals surface area contributed by atoms with Crippen LogP contribution in [0.1, 0.15) is 0 Å². The number of benzene rings is 1. The van der Waals surface area contributed by atoms with Gasteiger partial charge in [0.25, 0.3) is 10.0 Å². The van der Waals surface area contributed by atoms with Gasteiger partial charge in [-0.05, 0) is 12.1 Å². The molecule has 4 N–H and O–H groups in total. The third-order valence-corrected chi connectivity index (χ3v) is 4.67. The molecule has 0 fully saturated rings. The minimum atomic E-state index is -3.92. The van der Waals surface area contributed by atoms with Gasteiger partial charge < -0.3 is 0 Å². The zero-order valence-electron chi connectivity index (χ0n) is 10.1. The number of hydrazine groups is 1. The molecule has 1 aromatic heterocycles. The lowest BCUT2D eigenvalue weighted by atomic mass is 10.3. The van der Waals surface area contributed by atoms with Crippen LogP contribution in [0.15, 0.2) is 33.9 Å². The predicted molar refractivity (Wildman–Crippen MR) is 84.8 cm³/mol. The zero-order valence-corrected chi connectivity index (χ0v) is 14.1. The van der Waals surface area contributed by atoms with E-state index < -0.39 is 10.0 Å². The van der Waals surface area contributed by atoms with Crippen molar-refractivity contribution in [1.29, 1.82) is 0 Å². The van der Waals surface area contributed by atoms with E-state index in [1.54, 1.807) is 0 Å². The summed E-state index contributed by atoms with van der Waals surface area (Å²) in [6, 6.07) is 3.03. The maximum Gasteiger partial charge on any atom is 0.265 e. The van der Waals surface area contributed by atoms with Crippen molar-refractivity contribution in [2.24, 2.45) is 5.84 Å². The van der Waals surface area contributed by atoms with E-state index in [0.29, 0.717) is 4.47 Å². The van der Waals surface area contributed by atoms with Crippen molar-refractivity contribution in [1.82, 2.24) is 9.97 Å². The van der Waals surface area contributed by atoms with Crippen molar-refractivity contribution in [3.05, 3.63) is 39.0 Å². The van der Waals surface area contributed by atoms with Crippen LogP contribution in [0.4, 0.5) is 11.6 Å². The smallest absolute Gasteiger partial charge is 0.265 e. The lowest BCUT2D eigenvalue weighted by molar-refractivity contribution is 0.600. The summed E-state index contributed by atoms with van der Waals surface area (Å²) < 4.78 is 27.4. The average molecular weight is 413 g/mol. The number of nitrogen functional groups attached to an aromatic ring is 1. The number of halogens is 3. The molecule has 0 amide bonds. The van der Waals surface area contributed by atoms with Crippen molar-refractivity contribution >= 4 is 60.8 Å². The standard InChI is InChI=1S/C10H8BrCl2N5O2S/c11-5-1-7(12)9(8(13)2-5)18-21(19,20)6-3-15-10(17-14)16-4-6/h1-4,18H,14H2,(H,15,16,17). The Bertz CT molecular complexity index is 747. The third kappa shape index (κ3) is 3.74. The summed E-state index contributed by atoms with van der Waals surface area (Å²) >= 11 is 15.2. The number of sulfonamides is 1. The molecule has 0 aliphatic heterocycles. The average Bonchev–Trinajstić information content (AvgIpc) is 2.43. The molecule has 112 valence electrons. The van der Waals surface area contributed by atoms with E-state index >= 15 is 0 Å². The molecule has 2 aromatic rings. The molecule has 0 unspecified atom stereocenters. The maximum absolute atomic E-state index is 12.2. The summed E-state index contributed by atoms with van der Waals surface area (Å²) in [5.74, 6) is 5.20. The Morgan fingerprint density at radius 3 is 2.14 bits per heavy atom. The number of nitrogens with one attached hydrogen (secondary N) is 2. The van der Waals surface area contributed by atoms with Crippen molar-refractivity contribution in [2.45, 2.75) is 4.90 Å². The summed E-state index contributed by atoms with van der Waals surface area (Å²) in [6.45, 7) is 0. The minimum absolute atomic E-state index is 0.0718. The molecule has 0 atom stereocenters. The second kappa shape index (κ2) is 6.32. The molecule has 11 heteroatoms. The molecule has 1 aromatic carbocycles. The van der Waals surface area contributed by atoms with Gasteiger partial charge in [0.2, 0.25) is 5.95 Å². The molecule has 0 saturated heterocycles. The van der Waals surface area contributed by atoms with Gasteiger partial charge in [-0.1, -0.05) is 39.1 Å². The van der Waals surface area contributed by atoms with E-state index in [-0.39, 0.29) is 26.6 Å². The number of rotatable bonds is 4. The first-order valence-electron chi connectivity index (χ1n) is 5.29. The van der Waals surface area contributed by atoms with Crippen LogP contribution in [0.2, 0.25) is 10.0 Å². The molecule has 2 rings (SSSR count). The van der Waals surface area contributed by atoms with Gasteiger partial charge >= 0.3 is 0 Å². The molecule has 0 spiro atoms. The molecule has 0 aliphatic carbocycles. The highest BCUT2D eigenvalue weighted by atomic mass is 79.9. The van der Waals surface area contributed by atoms with Crippen LogP contribution in [-0.2, 0) is 10.0 Å². The highest BCUT2D eigenvalue weighted by Crippen LogP contribution is 2.35. The summed E-state index contributed by atoms with van der Waals surface area (Å²) in [6.07, 6.45) is 2.20. The number of hydrogen-bond donors (Lipinski definition) is 3. The van der Waals surface area contributed by atoms with E-state index in [9.17, 15) is 8.42 Å². The fourth-order valence-corrected chi connectivity index (χ4v) is 3.77. The van der Waals surface area contributed by atoms with Crippen LogP contribution in [-0.4, -0.2) is 18.4 Å². The summed E-state index contributed by atoms with van der Waals surface area (Å²) in [5.41, 5.74) is 2.27. The van der Waals surface area contributed by atoms with E-state index in [4.69, 9.17) is 29.0 Å². The van der Waals surface area contributed by atoms with Gasteiger partial charge in [-0.15, -0.1) is 0 Å². The number of anilines is 2. The molecule has 0 aliphatic rings. The van der Waals surface area contributed by atoms with Crippen LogP contribution < -0.4 is 16.0 Å². The van der Waals surface area contributed by atoms with Crippen molar-refractivity contribution in [2.75, 3.05) is 10.1 Å². The first-order chi connectivity index (χ1) is 9.83. The van der Waals surface area contributed by atoms with Gasteiger partial charge in [0, 0.05) is 4.47 Å². The molecular formula is C10H8BrCl2N5O2S. The second-order valence-electron chi connectivity index (χ2n) is 3.74. The molecule has 21 heavy (non-hydrogen) atoms. The van der Waals surface area contributed by atoms with Crippen LogP contribution in [0, 0.1) is 0 Å². The number of hydrogen-bond acceptors (Lipinski definition) is 6. The molecule has 0 bridgehead atoms. The normalized spacial score (nSPS) is 11.2. The fourth-order valence-electron chi connectivity index (χ4n) is 1.36. The van der Waals surface area contributed by atoms with E-state index in [1.165, 1.54) is 12.1 Å². The topological polar surface area (TPSA) is 110 Å². The van der Waals surface area contributed by atoms with Crippen molar-refractivity contribution in [3.63, 3.8) is 0 Å². The quantitative estimate of drug-likeness (QED) is 0.525. The van der Waals surface area contributed by atoms with Gasteiger partial charge in [-0.3, -0.25) is 10.1 Å². The SMILES string of the molecule is NNc1ncc(S(=O)(=O)Nc2c(Cl)cc(Br)cc2Cl)cn1. The predicted octanol–water partition coefficient (Wildman–Crippen LogP) is 2.63. The molecule has 0 saturated carbocycles. The Hall–Kier alpha value is -1.13. The number of aromatic nitrogens is 2. The van der Waals surface area contributed by atoms with Gasteiger partial charge in [-0.2, -0.15) is 0 Å². The second-order valence-corrected chi connectivity index (χ2v) is 7.15. The Labute approximate surface area is 139 Å². The summed E-state index contributed by atoms with van der Waals surface area (Å²) in [5, 5.41) is 0.304. The number of nitrogens with two attached hydrogens (primary N) is 1. The number of nitrogens with zero attached hydrogens (tertiary/aromatic N) is 2. The zero-order chi connectivity index (χ0) is 15.6. The van der Waals surface area contributed by atoms with Crippen LogP contribution in [0.5, 0.6) is 0 Å². The van der Waals surface area contributed by atoms with Gasteiger partial charge in [-0.25, -0.2) is 24.2 Å². The Balaban J connectivity index is 2.37. The van der Waals surface area contributed by atoms with E-state index in [1.807, 2.05) is 0 Å². The monoisotopic (exact) mass is 411 g/mol. The van der Waals surface area contributed by atoms with Crippen LogP contribution in [0.3, 0.4) is 0 Å². The fraction of sp³-hybridized carbons (Fsp3) is 0. The Morgan fingerprint density at radius 1 is 1.14 bits per heavy atom. The van der Waals surface area contributed by atoms with Crippen LogP contribution in [0.25, 0.3) is 0 Å². The Kier molecular flexibility index (Phi) is 4.89. The molecule has 0 radical (unpaired) electrons. The highest BCUT2D eigenvalue weighted by molar-refractivity contribution is 9.10. The molecular weight excluding hydrogens is 405 g/mol. The van der Waals surface area contributed by atoms with E-state index in [2.05, 4.69) is 36.0 Å². The van der Waals surface area contributed by atoms with Gasteiger partial charge in [0.15, 0.2) is 0 Å². The first kappa shape index (κ1) is 16.2. The summed E-state index contributed by atoms with van der Waals surface area (Å²) in [4.78, 5) is 7.29. The van der Waals surface area contributed by atoms with Gasteiger partial charge in [0.1, 0.15) is 4.90 Å². The van der Waals surface area contributed by atoms with Crippen molar-refractivity contribution < 1.29 is 8.42 Å². The van der Waals surface area contributed by atoms with Crippen LogP contribution >= 0.6 is 39.1 Å². The Morgan fingerprint density at radius 2 is 1.67 bits per heavy atom. The third-order valence-electron chi connectivity index (χ3n) is 2.31. The largest absolute Gasteiger partial charge is 0.292 e.